The minimum absolute atomic E-state index is 0.0530. The van der Waals surface area contributed by atoms with Crippen LogP contribution in [-0.2, 0) is 9.59 Å². The molecule has 0 aromatic carbocycles. The van der Waals surface area contributed by atoms with Crippen LogP contribution in [0.2, 0.25) is 0 Å². The first kappa shape index (κ1) is 13.8. The van der Waals surface area contributed by atoms with E-state index in [2.05, 4.69) is 11.2 Å². The summed E-state index contributed by atoms with van der Waals surface area (Å²) in [4.78, 5) is 21.7. The summed E-state index contributed by atoms with van der Waals surface area (Å²) >= 11 is 1.32. The Labute approximate surface area is 93.8 Å². The lowest BCUT2D eigenvalue weighted by Gasteiger charge is -2.14. The fraction of sp³-hybridized carbons (Fsp3) is 0.600. The van der Waals surface area contributed by atoms with E-state index in [9.17, 15) is 9.59 Å². The Morgan fingerprint density at radius 3 is 2.60 bits per heavy atom. The zero-order valence-corrected chi connectivity index (χ0v) is 9.63. The molecule has 0 aliphatic carbocycles. The van der Waals surface area contributed by atoms with Crippen molar-refractivity contribution < 1.29 is 14.7 Å². The average molecular weight is 229 g/mol. The van der Waals surface area contributed by atoms with Crippen LogP contribution in [0.25, 0.3) is 0 Å². The lowest BCUT2D eigenvalue weighted by Crippen LogP contribution is -2.32. The predicted octanol–water partition coefficient (Wildman–Crippen LogP) is 0.721. The third kappa shape index (κ3) is 6.86. The molecule has 15 heavy (non-hydrogen) atoms. The first-order valence-electron chi connectivity index (χ1n) is 4.55. The van der Waals surface area contributed by atoms with E-state index in [4.69, 9.17) is 11.5 Å². The van der Waals surface area contributed by atoms with Crippen molar-refractivity contribution in [1.29, 1.82) is 0 Å². The van der Waals surface area contributed by atoms with Crippen LogP contribution in [0.1, 0.15) is 20.3 Å². The largest absolute Gasteiger partial charge is 0.481 e. The molecule has 5 heteroatoms. The van der Waals surface area contributed by atoms with Crippen molar-refractivity contribution in [2.45, 2.75) is 30.8 Å². The number of thioether (sulfide) groups is 1. The Morgan fingerprint density at radius 1 is 1.53 bits per heavy atom. The van der Waals surface area contributed by atoms with Crippen LogP contribution < -0.4 is 5.32 Å². The molecule has 2 unspecified atom stereocenters. The summed E-state index contributed by atoms with van der Waals surface area (Å²) in [5.41, 5.74) is 0. The van der Waals surface area contributed by atoms with Crippen molar-refractivity contribution in [3.8, 4) is 12.3 Å². The van der Waals surface area contributed by atoms with Gasteiger partial charge in [0.25, 0.3) is 0 Å². The van der Waals surface area contributed by atoms with Crippen LogP contribution in [0.4, 0.5) is 0 Å². The number of nitrogens with one attached hydrogen (secondary N) is 1. The number of rotatable bonds is 6. The van der Waals surface area contributed by atoms with Gasteiger partial charge in [-0.2, -0.15) is 0 Å². The Bertz CT molecular complexity index is 272. The molecule has 1 amide bonds. The standard InChI is InChI=1S/C10H15NO3S/c1-4-5-11-10(14)8(3)15-7(2)6-9(12)13/h1,7-8H,5-6H2,2-3H3,(H,11,14)(H,12,13). The maximum absolute atomic E-state index is 11.3. The van der Waals surface area contributed by atoms with Crippen LogP contribution in [0.3, 0.4) is 0 Å². The van der Waals surface area contributed by atoms with Crippen molar-refractivity contribution in [3.63, 3.8) is 0 Å². The molecule has 0 aromatic rings. The number of hydrogen-bond donors (Lipinski definition) is 2. The van der Waals surface area contributed by atoms with Gasteiger partial charge in [0.2, 0.25) is 5.91 Å². The van der Waals surface area contributed by atoms with Gasteiger partial charge in [-0.3, -0.25) is 9.59 Å². The highest BCUT2D eigenvalue weighted by Gasteiger charge is 2.17. The van der Waals surface area contributed by atoms with Crippen molar-refractivity contribution in [1.82, 2.24) is 5.32 Å². The number of carboxylic acid groups (broad SMARTS) is 1. The van der Waals surface area contributed by atoms with E-state index in [1.807, 2.05) is 0 Å². The van der Waals surface area contributed by atoms with Crippen LogP contribution in [0.15, 0.2) is 0 Å². The Kier molecular flexibility index (Phi) is 6.63. The Hall–Kier alpha value is -1.15. The Morgan fingerprint density at radius 2 is 2.13 bits per heavy atom. The SMILES string of the molecule is C#CCNC(=O)C(C)SC(C)CC(=O)O. The van der Waals surface area contributed by atoms with Crippen LogP contribution in [-0.4, -0.2) is 34.0 Å². The maximum Gasteiger partial charge on any atom is 0.304 e. The van der Waals surface area contributed by atoms with E-state index >= 15 is 0 Å². The molecule has 0 saturated heterocycles. The van der Waals surface area contributed by atoms with E-state index in [-0.39, 0.29) is 29.4 Å². The van der Waals surface area contributed by atoms with Gasteiger partial charge in [0.15, 0.2) is 0 Å². The predicted molar refractivity (Wildman–Crippen MR) is 60.6 cm³/mol. The zero-order chi connectivity index (χ0) is 11.8. The highest BCUT2D eigenvalue weighted by atomic mass is 32.2. The molecular weight excluding hydrogens is 214 g/mol. The second-order valence-electron chi connectivity index (χ2n) is 3.11. The third-order valence-electron chi connectivity index (χ3n) is 1.63. The summed E-state index contributed by atoms with van der Waals surface area (Å²) in [6.45, 7) is 3.72. The van der Waals surface area contributed by atoms with Crippen LogP contribution >= 0.6 is 11.8 Å². The molecule has 0 saturated carbocycles. The van der Waals surface area contributed by atoms with Gasteiger partial charge in [0.05, 0.1) is 18.2 Å². The van der Waals surface area contributed by atoms with E-state index < -0.39 is 5.97 Å². The molecule has 0 aliphatic heterocycles. The van der Waals surface area contributed by atoms with Gasteiger partial charge >= 0.3 is 5.97 Å². The van der Waals surface area contributed by atoms with Crippen molar-refractivity contribution in [2.24, 2.45) is 0 Å². The number of hydrogen-bond acceptors (Lipinski definition) is 3. The maximum atomic E-state index is 11.3. The van der Waals surface area contributed by atoms with Crippen LogP contribution in [0, 0.1) is 12.3 Å². The highest BCUT2D eigenvalue weighted by molar-refractivity contribution is 8.01. The number of carbonyl (C=O) groups is 2. The molecule has 0 aromatic heterocycles. The van der Waals surface area contributed by atoms with Gasteiger partial charge in [-0.25, -0.2) is 0 Å². The monoisotopic (exact) mass is 229 g/mol. The Balaban J connectivity index is 3.91. The summed E-state index contributed by atoms with van der Waals surface area (Å²) in [5.74, 6) is 1.29. The number of carbonyl (C=O) groups excluding carboxylic acids is 1. The summed E-state index contributed by atoms with van der Waals surface area (Å²) in [7, 11) is 0. The van der Waals surface area contributed by atoms with Crippen molar-refractivity contribution >= 4 is 23.6 Å². The molecular formula is C10H15NO3S. The quantitative estimate of drug-likeness (QED) is 0.659. The smallest absolute Gasteiger partial charge is 0.304 e. The molecule has 84 valence electrons. The van der Waals surface area contributed by atoms with E-state index in [1.54, 1.807) is 13.8 Å². The lowest BCUT2D eigenvalue weighted by molar-refractivity contribution is -0.136. The number of carboxylic acids is 1. The van der Waals surface area contributed by atoms with E-state index in [0.29, 0.717) is 0 Å². The molecule has 4 nitrogen and oxygen atoms in total. The second kappa shape index (κ2) is 7.18. The second-order valence-corrected chi connectivity index (χ2v) is 4.89. The normalized spacial score (nSPS) is 13.7. The summed E-state index contributed by atoms with van der Waals surface area (Å²) in [6.07, 6.45) is 5.05. The molecule has 0 aliphatic rings. The van der Waals surface area contributed by atoms with Gasteiger partial charge in [0, 0.05) is 5.25 Å². The molecule has 0 bridgehead atoms. The third-order valence-corrected chi connectivity index (χ3v) is 2.89. The van der Waals surface area contributed by atoms with Crippen molar-refractivity contribution in [2.75, 3.05) is 6.54 Å². The van der Waals surface area contributed by atoms with E-state index in [0.717, 1.165) is 0 Å². The highest BCUT2D eigenvalue weighted by Crippen LogP contribution is 2.19. The summed E-state index contributed by atoms with van der Waals surface area (Å²) in [5, 5.41) is 10.7. The number of terminal acetylenes is 1. The molecule has 0 heterocycles. The first-order valence-corrected chi connectivity index (χ1v) is 5.50. The van der Waals surface area contributed by atoms with Gasteiger partial charge in [0.1, 0.15) is 0 Å². The summed E-state index contributed by atoms with van der Waals surface area (Å²) in [6, 6.07) is 0. The zero-order valence-electron chi connectivity index (χ0n) is 8.82. The number of amides is 1. The van der Waals surface area contributed by atoms with Gasteiger partial charge in [-0.15, -0.1) is 18.2 Å². The molecule has 0 fully saturated rings. The molecule has 0 radical (unpaired) electrons. The first-order chi connectivity index (χ1) is 6.97. The van der Waals surface area contributed by atoms with Crippen LogP contribution in [0.5, 0.6) is 0 Å². The average Bonchev–Trinajstić information content (AvgIpc) is 2.12. The molecule has 2 N–H and O–H groups in total. The van der Waals surface area contributed by atoms with Crippen molar-refractivity contribution in [3.05, 3.63) is 0 Å². The minimum Gasteiger partial charge on any atom is -0.481 e. The molecule has 0 spiro atoms. The molecule has 2 atom stereocenters. The summed E-state index contributed by atoms with van der Waals surface area (Å²) < 4.78 is 0. The molecule has 0 rings (SSSR count). The fourth-order valence-electron chi connectivity index (χ4n) is 0.986. The van der Waals surface area contributed by atoms with E-state index in [1.165, 1.54) is 11.8 Å². The number of aliphatic carboxylic acids is 1. The topological polar surface area (TPSA) is 66.4 Å². The van der Waals surface area contributed by atoms with Gasteiger partial charge < -0.3 is 10.4 Å². The lowest BCUT2D eigenvalue weighted by atomic mass is 10.3. The minimum atomic E-state index is -0.855. The van der Waals surface area contributed by atoms with Gasteiger partial charge in [-0.1, -0.05) is 12.8 Å². The fourth-order valence-corrected chi connectivity index (χ4v) is 2.13. The van der Waals surface area contributed by atoms with Gasteiger partial charge in [-0.05, 0) is 6.92 Å².